The number of rotatable bonds is 10. The average Bonchev–Trinajstić information content (AvgIpc) is 2.68. The lowest BCUT2D eigenvalue weighted by Gasteiger charge is -2.09. The number of nitrogens with one attached hydrogen (secondary N) is 3. The van der Waals surface area contributed by atoms with Crippen LogP contribution < -0.4 is 15.4 Å². The molecule has 0 bridgehead atoms. The third-order valence-electron chi connectivity index (χ3n) is 4.19. The van der Waals surface area contributed by atoms with Crippen LogP contribution in [0.3, 0.4) is 0 Å². The van der Waals surface area contributed by atoms with E-state index < -0.39 is 10.0 Å². The summed E-state index contributed by atoms with van der Waals surface area (Å²) in [5, 5.41) is 5.40. The second-order valence-electron chi connectivity index (χ2n) is 6.70. The number of unbranched alkanes of at least 4 members (excludes halogenated alkanes) is 1. The zero-order valence-electron chi connectivity index (χ0n) is 16.7. The predicted molar refractivity (Wildman–Crippen MR) is 113 cm³/mol. The summed E-state index contributed by atoms with van der Waals surface area (Å²) in [4.78, 5) is 24.3. The first-order valence-electron chi connectivity index (χ1n) is 9.56. The zero-order valence-corrected chi connectivity index (χ0v) is 17.5. The van der Waals surface area contributed by atoms with Gasteiger partial charge in [0.1, 0.15) is 0 Å². The maximum Gasteiger partial charge on any atom is 0.251 e. The highest BCUT2D eigenvalue weighted by atomic mass is 32.2. The fourth-order valence-corrected chi connectivity index (χ4v) is 3.66. The summed E-state index contributed by atoms with van der Waals surface area (Å²) < 4.78 is 26.8. The molecule has 2 aromatic rings. The summed E-state index contributed by atoms with van der Waals surface area (Å²) in [7, 11) is -3.54. The minimum Gasteiger partial charge on any atom is -0.352 e. The highest BCUT2D eigenvalue weighted by Gasteiger charge is 2.13. The molecule has 2 rings (SSSR count). The van der Waals surface area contributed by atoms with Gasteiger partial charge in [-0.25, -0.2) is 13.1 Å². The van der Waals surface area contributed by atoms with E-state index in [1.54, 1.807) is 18.2 Å². The Bertz CT molecular complexity index is 941. The molecule has 0 atom stereocenters. The van der Waals surface area contributed by atoms with Gasteiger partial charge >= 0.3 is 0 Å². The Morgan fingerprint density at radius 1 is 1.00 bits per heavy atom. The molecule has 0 aromatic heterocycles. The smallest absolute Gasteiger partial charge is 0.251 e. The fourth-order valence-electron chi connectivity index (χ4n) is 2.59. The van der Waals surface area contributed by atoms with Crippen LogP contribution in [0.4, 0.5) is 5.69 Å². The summed E-state index contributed by atoms with van der Waals surface area (Å²) in [6, 6.07) is 13.2. The van der Waals surface area contributed by atoms with E-state index in [1.807, 2.05) is 19.9 Å². The van der Waals surface area contributed by atoms with E-state index in [4.69, 9.17) is 0 Å². The van der Waals surface area contributed by atoms with Crippen molar-refractivity contribution >= 4 is 27.5 Å². The van der Waals surface area contributed by atoms with E-state index in [2.05, 4.69) is 15.4 Å². The average molecular weight is 418 g/mol. The van der Waals surface area contributed by atoms with Crippen molar-refractivity contribution in [2.24, 2.45) is 0 Å². The second kappa shape index (κ2) is 10.7. The maximum atomic E-state index is 12.1. The number of anilines is 1. The molecule has 2 amide bonds. The summed E-state index contributed by atoms with van der Waals surface area (Å²) in [6.07, 6.45) is 1.78. The molecule has 0 unspecified atom stereocenters. The van der Waals surface area contributed by atoms with E-state index in [0.717, 1.165) is 18.4 Å². The quantitative estimate of drug-likeness (QED) is 0.517. The van der Waals surface area contributed by atoms with E-state index in [0.29, 0.717) is 17.8 Å². The number of amides is 2. The monoisotopic (exact) mass is 417 g/mol. The zero-order chi connectivity index (χ0) is 21.3. The molecule has 29 heavy (non-hydrogen) atoms. The lowest BCUT2D eigenvalue weighted by atomic mass is 10.1. The topological polar surface area (TPSA) is 104 Å². The SMILES string of the molecule is CCCCNS(=O)(=O)c1ccc(NC(=O)CCNC(=O)c2cccc(C)c2)cc1. The van der Waals surface area contributed by atoms with Gasteiger partial charge in [-0.1, -0.05) is 31.0 Å². The number of hydrogen-bond donors (Lipinski definition) is 3. The number of sulfonamides is 1. The molecule has 8 heteroatoms. The van der Waals surface area contributed by atoms with E-state index >= 15 is 0 Å². The number of carbonyl (C=O) groups is 2. The Balaban J connectivity index is 1.81. The first kappa shape index (κ1) is 22.6. The molecule has 7 nitrogen and oxygen atoms in total. The van der Waals surface area contributed by atoms with Gasteiger partial charge in [0.25, 0.3) is 5.91 Å². The second-order valence-corrected chi connectivity index (χ2v) is 8.47. The van der Waals surface area contributed by atoms with Crippen LogP contribution in [0.1, 0.15) is 42.1 Å². The first-order chi connectivity index (χ1) is 13.8. The highest BCUT2D eigenvalue weighted by Crippen LogP contribution is 2.14. The van der Waals surface area contributed by atoms with Crippen LogP contribution in [-0.2, 0) is 14.8 Å². The van der Waals surface area contributed by atoms with Gasteiger partial charge in [0, 0.05) is 30.8 Å². The van der Waals surface area contributed by atoms with Gasteiger partial charge in [-0.3, -0.25) is 9.59 Å². The third-order valence-corrected chi connectivity index (χ3v) is 5.67. The molecule has 156 valence electrons. The molecule has 3 N–H and O–H groups in total. The van der Waals surface area contributed by atoms with Crippen molar-refractivity contribution in [3.63, 3.8) is 0 Å². The van der Waals surface area contributed by atoms with Gasteiger partial charge in [0.15, 0.2) is 0 Å². The van der Waals surface area contributed by atoms with Gasteiger partial charge in [-0.05, 0) is 49.7 Å². The molecule has 0 fully saturated rings. The number of carbonyl (C=O) groups excluding carboxylic acids is 2. The molecular formula is C21H27N3O4S. The molecule has 0 aliphatic rings. The third kappa shape index (κ3) is 7.32. The number of aryl methyl sites for hydroxylation is 1. The van der Waals surface area contributed by atoms with Gasteiger partial charge < -0.3 is 10.6 Å². The molecule has 0 aliphatic carbocycles. The lowest BCUT2D eigenvalue weighted by Crippen LogP contribution is -2.27. The Morgan fingerprint density at radius 3 is 2.38 bits per heavy atom. The van der Waals surface area contributed by atoms with Crippen LogP contribution in [0, 0.1) is 6.92 Å². The summed E-state index contributed by atoms with van der Waals surface area (Å²) >= 11 is 0. The predicted octanol–water partition coefficient (Wildman–Crippen LogP) is 2.83. The van der Waals surface area contributed by atoms with Crippen molar-refractivity contribution < 1.29 is 18.0 Å². The molecule has 0 radical (unpaired) electrons. The minimum absolute atomic E-state index is 0.107. The van der Waals surface area contributed by atoms with Crippen LogP contribution in [0.2, 0.25) is 0 Å². The van der Waals surface area contributed by atoms with Crippen LogP contribution in [0.25, 0.3) is 0 Å². The van der Waals surface area contributed by atoms with Gasteiger partial charge in [-0.2, -0.15) is 0 Å². The molecule has 0 aliphatic heterocycles. The maximum absolute atomic E-state index is 12.1. The highest BCUT2D eigenvalue weighted by molar-refractivity contribution is 7.89. The van der Waals surface area contributed by atoms with Crippen molar-refractivity contribution in [1.29, 1.82) is 0 Å². The lowest BCUT2D eigenvalue weighted by molar-refractivity contribution is -0.116. The van der Waals surface area contributed by atoms with Gasteiger partial charge in [0.05, 0.1) is 4.90 Å². The van der Waals surface area contributed by atoms with Crippen molar-refractivity contribution in [3.05, 3.63) is 59.7 Å². The minimum atomic E-state index is -3.54. The molecule has 0 saturated carbocycles. The molecule has 0 spiro atoms. The Hall–Kier alpha value is -2.71. The van der Waals surface area contributed by atoms with Crippen molar-refractivity contribution in [2.45, 2.75) is 38.0 Å². The van der Waals surface area contributed by atoms with E-state index in [9.17, 15) is 18.0 Å². The van der Waals surface area contributed by atoms with Crippen LogP contribution >= 0.6 is 0 Å². The summed E-state index contributed by atoms with van der Waals surface area (Å²) in [5.74, 6) is -0.502. The Kier molecular flexibility index (Phi) is 8.35. The van der Waals surface area contributed by atoms with Gasteiger partial charge in [-0.15, -0.1) is 0 Å². The summed E-state index contributed by atoms with van der Waals surface area (Å²) in [5.41, 5.74) is 2.03. The van der Waals surface area contributed by atoms with Crippen LogP contribution in [0.15, 0.2) is 53.4 Å². The van der Waals surface area contributed by atoms with Gasteiger partial charge in [0.2, 0.25) is 15.9 Å². The molecule has 0 heterocycles. The van der Waals surface area contributed by atoms with Crippen molar-refractivity contribution in [2.75, 3.05) is 18.4 Å². The first-order valence-corrected chi connectivity index (χ1v) is 11.0. The normalized spacial score (nSPS) is 11.1. The Labute approximate surface area is 172 Å². The molecule has 0 saturated heterocycles. The molecular weight excluding hydrogens is 390 g/mol. The standard InChI is InChI=1S/C21H27N3O4S/c1-3-4-13-23-29(27,28)19-10-8-18(9-11-19)24-20(25)12-14-22-21(26)17-7-5-6-16(2)15-17/h5-11,15,23H,3-4,12-14H2,1-2H3,(H,22,26)(H,24,25). The largest absolute Gasteiger partial charge is 0.352 e. The Morgan fingerprint density at radius 2 is 1.72 bits per heavy atom. The summed E-state index contributed by atoms with van der Waals surface area (Å²) in [6.45, 7) is 4.49. The number of benzene rings is 2. The van der Waals surface area contributed by atoms with Crippen LogP contribution in [-0.4, -0.2) is 33.3 Å². The van der Waals surface area contributed by atoms with E-state index in [-0.39, 0.29) is 29.7 Å². The van der Waals surface area contributed by atoms with Crippen molar-refractivity contribution in [1.82, 2.24) is 10.0 Å². The number of hydrogen-bond acceptors (Lipinski definition) is 4. The molecule has 2 aromatic carbocycles. The van der Waals surface area contributed by atoms with Crippen molar-refractivity contribution in [3.8, 4) is 0 Å². The van der Waals surface area contributed by atoms with Crippen LogP contribution in [0.5, 0.6) is 0 Å². The van der Waals surface area contributed by atoms with E-state index in [1.165, 1.54) is 24.3 Å². The fraction of sp³-hybridized carbons (Fsp3) is 0.333.